The molecular weight excluding hydrogens is 286 g/mol. The van der Waals surface area contributed by atoms with E-state index in [1.807, 2.05) is 38.1 Å². The number of carbonyl (C=O) groups excluding carboxylic acids is 1. The molecular formula is C20H25NO2. The molecule has 0 saturated heterocycles. The predicted octanol–water partition coefficient (Wildman–Crippen LogP) is 4.20. The van der Waals surface area contributed by atoms with Crippen molar-refractivity contribution >= 4 is 5.91 Å². The van der Waals surface area contributed by atoms with Crippen LogP contribution in [-0.4, -0.2) is 12.5 Å². The number of aryl methyl sites for hydroxylation is 2. The number of ether oxygens (including phenoxy) is 1. The van der Waals surface area contributed by atoms with E-state index in [0.29, 0.717) is 13.0 Å². The van der Waals surface area contributed by atoms with E-state index in [1.165, 1.54) is 11.1 Å². The maximum atomic E-state index is 12.1. The van der Waals surface area contributed by atoms with Gasteiger partial charge in [0.1, 0.15) is 5.75 Å². The zero-order valence-electron chi connectivity index (χ0n) is 14.1. The topological polar surface area (TPSA) is 38.3 Å². The van der Waals surface area contributed by atoms with Crippen molar-refractivity contribution in [3.63, 3.8) is 0 Å². The fourth-order valence-electron chi connectivity index (χ4n) is 2.43. The van der Waals surface area contributed by atoms with Gasteiger partial charge in [-0.05, 0) is 50.5 Å². The molecule has 0 spiro atoms. The average molecular weight is 311 g/mol. The Bertz CT molecular complexity index is 617. The molecule has 0 radical (unpaired) electrons. The van der Waals surface area contributed by atoms with Crippen LogP contribution in [0.1, 0.15) is 43.0 Å². The van der Waals surface area contributed by atoms with Crippen molar-refractivity contribution in [1.29, 1.82) is 0 Å². The minimum Gasteiger partial charge on any atom is -0.494 e. The van der Waals surface area contributed by atoms with Gasteiger partial charge in [0.25, 0.3) is 0 Å². The van der Waals surface area contributed by atoms with Crippen LogP contribution in [0.15, 0.2) is 48.5 Å². The Morgan fingerprint density at radius 1 is 1.09 bits per heavy atom. The van der Waals surface area contributed by atoms with Crippen molar-refractivity contribution in [3.05, 3.63) is 65.2 Å². The van der Waals surface area contributed by atoms with Crippen LogP contribution in [0.3, 0.4) is 0 Å². The highest BCUT2D eigenvalue weighted by molar-refractivity contribution is 5.76. The molecule has 1 atom stereocenters. The van der Waals surface area contributed by atoms with Crippen molar-refractivity contribution in [3.8, 4) is 5.75 Å². The summed E-state index contributed by atoms with van der Waals surface area (Å²) >= 11 is 0. The Kier molecular flexibility index (Phi) is 6.21. The third-order valence-corrected chi connectivity index (χ3v) is 3.83. The molecule has 2 aromatic carbocycles. The molecule has 0 aliphatic carbocycles. The molecule has 0 heterocycles. The normalized spacial score (nSPS) is 11.8. The van der Waals surface area contributed by atoms with E-state index < -0.39 is 0 Å². The van der Waals surface area contributed by atoms with Crippen LogP contribution in [0.2, 0.25) is 0 Å². The first-order chi connectivity index (χ1) is 11.1. The smallest absolute Gasteiger partial charge is 0.220 e. The lowest BCUT2D eigenvalue weighted by Crippen LogP contribution is -2.26. The molecule has 0 unspecified atom stereocenters. The Labute approximate surface area is 138 Å². The molecule has 1 N–H and O–H groups in total. The summed E-state index contributed by atoms with van der Waals surface area (Å²) in [7, 11) is 0. The van der Waals surface area contributed by atoms with Crippen LogP contribution < -0.4 is 10.1 Å². The second-order valence-corrected chi connectivity index (χ2v) is 5.78. The van der Waals surface area contributed by atoms with Crippen LogP contribution >= 0.6 is 0 Å². The van der Waals surface area contributed by atoms with E-state index in [-0.39, 0.29) is 11.9 Å². The van der Waals surface area contributed by atoms with Gasteiger partial charge >= 0.3 is 0 Å². The molecule has 0 fully saturated rings. The summed E-state index contributed by atoms with van der Waals surface area (Å²) in [5.74, 6) is 0.932. The molecule has 1 amide bonds. The van der Waals surface area contributed by atoms with E-state index in [1.54, 1.807) is 0 Å². The summed E-state index contributed by atoms with van der Waals surface area (Å²) in [5.41, 5.74) is 3.51. The largest absolute Gasteiger partial charge is 0.494 e. The molecule has 2 rings (SSSR count). The van der Waals surface area contributed by atoms with Gasteiger partial charge in [-0.15, -0.1) is 0 Å². The van der Waals surface area contributed by atoms with Crippen LogP contribution in [0.5, 0.6) is 5.75 Å². The quantitative estimate of drug-likeness (QED) is 0.832. The summed E-state index contributed by atoms with van der Waals surface area (Å²) in [6, 6.07) is 16.2. The van der Waals surface area contributed by atoms with Crippen molar-refractivity contribution in [2.45, 2.75) is 39.7 Å². The fraction of sp³-hybridized carbons (Fsp3) is 0.350. The summed E-state index contributed by atoms with van der Waals surface area (Å²) in [6.45, 7) is 6.68. The summed E-state index contributed by atoms with van der Waals surface area (Å²) in [6.07, 6.45) is 1.27. The summed E-state index contributed by atoms with van der Waals surface area (Å²) < 4.78 is 5.43. The second kappa shape index (κ2) is 8.37. The van der Waals surface area contributed by atoms with Crippen LogP contribution in [0.4, 0.5) is 0 Å². The zero-order valence-corrected chi connectivity index (χ0v) is 14.1. The van der Waals surface area contributed by atoms with E-state index in [0.717, 1.165) is 17.7 Å². The maximum Gasteiger partial charge on any atom is 0.220 e. The minimum atomic E-state index is -0.00352. The fourth-order valence-corrected chi connectivity index (χ4v) is 2.43. The maximum absolute atomic E-state index is 12.1. The summed E-state index contributed by atoms with van der Waals surface area (Å²) in [4.78, 5) is 12.1. The third-order valence-electron chi connectivity index (χ3n) is 3.83. The van der Waals surface area contributed by atoms with Crippen molar-refractivity contribution < 1.29 is 9.53 Å². The standard InChI is InChI=1S/C20H25NO2/c1-4-23-19-12-10-18(11-13-19)16(3)21-20(22)14-9-17-7-5-15(2)6-8-17/h5-8,10-13,16H,4,9,14H2,1-3H3,(H,21,22)/t16-/m1/s1. The van der Waals surface area contributed by atoms with Gasteiger partial charge < -0.3 is 10.1 Å². The first-order valence-corrected chi connectivity index (χ1v) is 8.16. The van der Waals surface area contributed by atoms with E-state index in [9.17, 15) is 4.79 Å². The van der Waals surface area contributed by atoms with Crippen LogP contribution in [0.25, 0.3) is 0 Å². The van der Waals surface area contributed by atoms with Gasteiger partial charge in [0.2, 0.25) is 5.91 Å². The zero-order chi connectivity index (χ0) is 16.7. The molecule has 3 nitrogen and oxygen atoms in total. The number of nitrogens with one attached hydrogen (secondary N) is 1. The van der Waals surface area contributed by atoms with Crippen molar-refractivity contribution in [2.75, 3.05) is 6.61 Å². The lowest BCUT2D eigenvalue weighted by atomic mass is 10.1. The molecule has 0 aliphatic rings. The van der Waals surface area contributed by atoms with Gasteiger partial charge in [-0.3, -0.25) is 4.79 Å². The van der Waals surface area contributed by atoms with Crippen LogP contribution in [-0.2, 0) is 11.2 Å². The first-order valence-electron chi connectivity index (χ1n) is 8.16. The van der Waals surface area contributed by atoms with Crippen LogP contribution in [0, 0.1) is 6.92 Å². The van der Waals surface area contributed by atoms with E-state index in [4.69, 9.17) is 4.74 Å². The van der Waals surface area contributed by atoms with Gasteiger partial charge in [0.05, 0.1) is 12.6 Å². The van der Waals surface area contributed by atoms with Gasteiger partial charge in [0.15, 0.2) is 0 Å². The average Bonchev–Trinajstić information content (AvgIpc) is 2.55. The minimum absolute atomic E-state index is 0.00352. The predicted molar refractivity (Wildman–Crippen MR) is 93.7 cm³/mol. The monoisotopic (exact) mass is 311 g/mol. The molecule has 0 bridgehead atoms. The molecule has 0 aliphatic heterocycles. The Morgan fingerprint density at radius 3 is 2.35 bits per heavy atom. The molecule has 3 heteroatoms. The lowest BCUT2D eigenvalue weighted by Gasteiger charge is -2.15. The van der Waals surface area contributed by atoms with Crippen molar-refractivity contribution in [1.82, 2.24) is 5.32 Å². The van der Waals surface area contributed by atoms with E-state index >= 15 is 0 Å². The highest BCUT2D eigenvalue weighted by Crippen LogP contribution is 2.18. The number of carbonyl (C=O) groups is 1. The van der Waals surface area contributed by atoms with Crippen molar-refractivity contribution in [2.24, 2.45) is 0 Å². The number of amides is 1. The highest BCUT2D eigenvalue weighted by atomic mass is 16.5. The molecule has 0 saturated carbocycles. The lowest BCUT2D eigenvalue weighted by molar-refractivity contribution is -0.121. The third kappa shape index (κ3) is 5.44. The number of hydrogen-bond donors (Lipinski definition) is 1. The summed E-state index contributed by atoms with van der Waals surface area (Å²) in [5, 5.41) is 3.05. The van der Waals surface area contributed by atoms with Gasteiger partial charge in [-0.25, -0.2) is 0 Å². The Morgan fingerprint density at radius 2 is 1.74 bits per heavy atom. The van der Waals surface area contributed by atoms with Gasteiger partial charge in [0, 0.05) is 6.42 Å². The number of benzene rings is 2. The molecule has 2 aromatic rings. The van der Waals surface area contributed by atoms with Gasteiger partial charge in [-0.2, -0.15) is 0 Å². The van der Waals surface area contributed by atoms with E-state index in [2.05, 4.69) is 36.5 Å². The SMILES string of the molecule is CCOc1ccc([C@@H](C)NC(=O)CCc2ccc(C)cc2)cc1. The number of rotatable bonds is 7. The Balaban J connectivity index is 1.82. The first kappa shape index (κ1) is 17.1. The number of hydrogen-bond acceptors (Lipinski definition) is 2. The highest BCUT2D eigenvalue weighted by Gasteiger charge is 2.09. The molecule has 23 heavy (non-hydrogen) atoms. The van der Waals surface area contributed by atoms with Gasteiger partial charge in [-0.1, -0.05) is 42.0 Å². The molecule has 0 aromatic heterocycles. The second-order valence-electron chi connectivity index (χ2n) is 5.78. The Hall–Kier alpha value is -2.29. The molecule has 122 valence electrons.